The summed E-state index contributed by atoms with van der Waals surface area (Å²) < 4.78 is 5.83. The molecule has 0 atom stereocenters. The first kappa shape index (κ1) is 12.7. The molecule has 0 bridgehead atoms. The van der Waals surface area contributed by atoms with Gasteiger partial charge in [0.25, 0.3) is 0 Å². The third kappa shape index (κ3) is 2.90. The fourth-order valence-corrected chi connectivity index (χ4v) is 1.87. The normalized spacial score (nSPS) is 10.7. The van der Waals surface area contributed by atoms with Crippen molar-refractivity contribution in [2.45, 2.75) is 26.6 Å². The molecule has 1 N–H and O–H groups in total. The largest absolute Gasteiger partial charge is 0.490 e. The molecule has 0 heterocycles. The average molecular weight is 242 g/mol. The molecular formula is C16H18O2. The zero-order chi connectivity index (χ0) is 13.0. The van der Waals surface area contributed by atoms with E-state index in [0.717, 1.165) is 22.4 Å². The van der Waals surface area contributed by atoms with E-state index in [-0.39, 0.29) is 12.7 Å². The smallest absolute Gasteiger partial charge is 0.127 e. The van der Waals surface area contributed by atoms with E-state index in [0.29, 0.717) is 0 Å². The van der Waals surface area contributed by atoms with Crippen molar-refractivity contribution >= 4 is 0 Å². The number of aliphatic hydroxyl groups is 1. The van der Waals surface area contributed by atoms with Crippen molar-refractivity contribution in [1.82, 2.24) is 0 Å². The molecule has 94 valence electrons. The maximum absolute atomic E-state index is 9.20. The Bertz CT molecular complexity index is 504. The van der Waals surface area contributed by atoms with Crippen LogP contribution in [0.15, 0.2) is 48.5 Å². The Morgan fingerprint density at radius 3 is 2.39 bits per heavy atom. The molecule has 0 aliphatic rings. The summed E-state index contributed by atoms with van der Waals surface area (Å²) in [4.78, 5) is 0. The molecule has 2 aromatic carbocycles. The minimum absolute atomic E-state index is 0.0313. The number of rotatable bonds is 4. The first-order chi connectivity index (χ1) is 8.70. The van der Waals surface area contributed by atoms with Crippen LogP contribution in [-0.4, -0.2) is 11.2 Å². The van der Waals surface area contributed by atoms with Crippen molar-refractivity contribution in [3.05, 3.63) is 54.1 Å². The van der Waals surface area contributed by atoms with Gasteiger partial charge in [-0.1, -0.05) is 42.5 Å². The SMILES string of the molecule is CC(C)Oc1cc(CO)ccc1-c1ccccc1. The van der Waals surface area contributed by atoms with Gasteiger partial charge in [0.1, 0.15) is 5.75 Å². The van der Waals surface area contributed by atoms with Crippen LogP contribution in [0.2, 0.25) is 0 Å². The predicted molar refractivity (Wildman–Crippen MR) is 73.6 cm³/mol. The van der Waals surface area contributed by atoms with E-state index in [4.69, 9.17) is 4.74 Å². The summed E-state index contributed by atoms with van der Waals surface area (Å²) in [6.45, 7) is 4.03. The molecule has 0 amide bonds. The predicted octanol–water partition coefficient (Wildman–Crippen LogP) is 3.63. The number of aliphatic hydroxyl groups excluding tert-OH is 1. The summed E-state index contributed by atoms with van der Waals surface area (Å²) in [7, 11) is 0. The zero-order valence-corrected chi connectivity index (χ0v) is 10.8. The van der Waals surface area contributed by atoms with E-state index < -0.39 is 0 Å². The highest BCUT2D eigenvalue weighted by Crippen LogP contribution is 2.31. The fourth-order valence-electron chi connectivity index (χ4n) is 1.87. The minimum atomic E-state index is 0.0313. The fraction of sp³-hybridized carbons (Fsp3) is 0.250. The molecule has 0 aromatic heterocycles. The first-order valence-electron chi connectivity index (χ1n) is 6.16. The van der Waals surface area contributed by atoms with Crippen LogP contribution in [0, 0.1) is 0 Å². The van der Waals surface area contributed by atoms with Gasteiger partial charge in [-0.3, -0.25) is 0 Å². The highest BCUT2D eigenvalue weighted by Gasteiger charge is 2.08. The molecule has 18 heavy (non-hydrogen) atoms. The van der Waals surface area contributed by atoms with Gasteiger partial charge in [-0.2, -0.15) is 0 Å². The molecule has 0 saturated carbocycles. The lowest BCUT2D eigenvalue weighted by Crippen LogP contribution is -2.07. The Balaban J connectivity index is 2.46. The summed E-state index contributed by atoms with van der Waals surface area (Å²) in [6.07, 6.45) is 0.112. The van der Waals surface area contributed by atoms with Gasteiger partial charge < -0.3 is 9.84 Å². The third-order valence-electron chi connectivity index (χ3n) is 2.68. The van der Waals surface area contributed by atoms with E-state index >= 15 is 0 Å². The third-order valence-corrected chi connectivity index (χ3v) is 2.68. The van der Waals surface area contributed by atoms with E-state index in [1.807, 2.05) is 50.2 Å². The van der Waals surface area contributed by atoms with E-state index in [1.54, 1.807) is 0 Å². The Morgan fingerprint density at radius 2 is 1.78 bits per heavy atom. The highest BCUT2D eigenvalue weighted by atomic mass is 16.5. The quantitative estimate of drug-likeness (QED) is 0.887. The van der Waals surface area contributed by atoms with Gasteiger partial charge in [0.05, 0.1) is 12.7 Å². The second-order valence-corrected chi connectivity index (χ2v) is 4.52. The average Bonchev–Trinajstić information content (AvgIpc) is 2.39. The van der Waals surface area contributed by atoms with Crippen LogP contribution >= 0.6 is 0 Å². The Kier molecular flexibility index (Phi) is 4.00. The minimum Gasteiger partial charge on any atom is -0.490 e. The number of benzene rings is 2. The molecule has 2 rings (SSSR count). The maximum Gasteiger partial charge on any atom is 0.127 e. The molecule has 2 heteroatoms. The van der Waals surface area contributed by atoms with E-state index in [9.17, 15) is 5.11 Å². The van der Waals surface area contributed by atoms with Gasteiger partial charge in [0.15, 0.2) is 0 Å². The Morgan fingerprint density at radius 1 is 1.06 bits per heavy atom. The van der Waals surface area contributed by atoms with Gasteiger partial charge in [-0.15, -0.1) is 0 Å². The lowest BCUT2D eigenvalue weighted by molar-refractivity contribution is 0.241. The van der Waals surface area contributed by atoms with E-state index in [1.165, 1.54) is 0 Å². The van der Waals surface area contributed by atoms with Crippen LogP contribution in [0.4, 0.5) is 0 Å². The Hall–Kier alpha value is -1.80. The van der Waals surface area contributed by atoms with Crippen molar-refractivity contribution in [2.24, 2.45) is 0 Å². The molecule has 0 spiro atoms. The summed E-state index contributed by atoms with van der Waals surface area (Å²) in [5.74, 6) is 0.822. The molecular weight excluding hydrogens is 224 g/mol. The molecule has 0 aliphatic carbocycles. The second kappa shape index (κ2) is 5.69. The van der Waals surface area contributed by atoms with Crippen molar-refractivity contribution in [3.63, 3.8) is 0 Å². The number of ether oxygens (including phenoxy) is 1. The monoisotopic (exact) mass is 242 g/mol. The summed E-state index contributed by atoms with van der Waals surface area (Å²) >= 11 is 0. The summed E-state index contributed by atoms with van der Waals surface area (Å²) in [5, 5.41) is 9.20. The van der Waals surface area contributed by atoms with Crippen LogP contribution in [0.25, 0.3) is 11.1 Å². The summed E-state index contributed by atoms with van der Waals surface area (Å²) in [6, 6.07) is 16.0. The van der Waals surface area contributed by atoms with Crippen LogP contribution in [0.1, 0.15) is 19.4 Å². The molecule has 0 fully saturated rings. The molecule has 2 aromatic rings. The van der Waals surface area contributed by atoms with Gasteiger partial charge in [0.2, 0.25) is 0 Å². The standard InChI is InChI=1S/C16H18O2/c1-12(2)18-16-10-13(11-17)8-9-15(16)14-6-4-3-5-7-14/h3-10,12,17H,11H2,1-2H3. The lowest BCUT2D eigenvalue weighted by atomic mass is 10.0. The number of hydrogen-bond donors (Lipinski definition) is 1. The number of hydrogen-bond acceptors (Lipinski definition) is 2. The molecule has 0 unspecified atom stereocenters. The first-order valence-corrected chi connectivity index (χ1v) is 6.16. The van der Waals surface area contributed by atoms with Crippen molar-refractivity contribution in [2.75, 3.05) is 0 Å². The second-order valence-electron chi connectivity index (χ2n) is 4.52. The maximum atomic E-state index is 9.20. The summed E-state index contributed by atoms with van der Waals surface area (Å²) in [5.41, 5.74) is 3.05. The van der Waals surface area contributed by atoms with Gasteiger partial charge in [-0.05, 0) is 31.0 Å². The van der Waals surface area contributed by atoms with Crippen molar-refractivity contribution in [3.8, 4) is 16.9 Å². The van der Waals surface area contributed by atoms with Crippen molar-refractivity contribution < 1.29 is 9.84 Å². The molecule has 0 aliphatic heterocycles. The van der Waals surface area contributed by atoms with Gasteiger partial charge >= 0.3 is 0 Å². The Labute approximate surface area is 108 Å². The van der Waals surface area contributed by atoms with Crippen LogP contribution in [0.3, 0.4) is 0 Å². The van der Waals surface area contributed by atoms with E-state index in [2.05, 4.69) is 12.1 Å². The lowest BCUT2D eigenvalue weighted by Gasteiger charge is -2.15. The molecule has 0 radical (unpaired) electrons. The van der Waals surface area contributed by atoms with Crippen LogP contribution < -0.4 is 4.74 Å². The van der Waals surface area contributed by atoms with Crippen LogP contribution in [-0.2, 0) is 6.61 Å². The van der Waals surface area contributed by atoms with Gasteiger partial charge in [0, 0.05) is 5.56 Å². The van der Waals surface area contributed by atoms with Gasteiger partial charge in [-0.25, -0.2) is 0 Å². The molecule has 0 saturated heterocycles. The highest BCUT2D eigenvalue weighted by molar-refractivity contribution is 5.70. The topological polar surface area (TPSA) is 29.5 Å². The molecule has 2 nitrogen and oxygen atoms in total. The zero-order valence-electron chi connectivity index (χ0n) is 10.8. The van der Waals surface area contributed by atoms with Crippen LogP contribution in [0.5, 0.6) is 5.75 Å². The van der Waals surface area contributed by atoms with Crippen molar-refractivity contribution in [1.29, 1.82) is 0 Å².